The number of aromatic nitrogens is 3. The minimum Gasteiger partial charge on any atom is -0.491 e. The van der Waals surface area contributed by atoms with Gasteiger partial charge in [0.2, 0.25) is 11.9 Å². The van der Waals surface area contributed by atoms with E-state index in [9.17, 15) is 0 Å². The van der Waals surface area contributed by atoms with Gasteiger partial charge in [-0.15, -0.1) is 0 Å². The Bertz CT molecular complexity index is 588. The SMILES string of the molecule is Cc1ccc(C)c(OCC(C)Nc2ncnc(N)n2)c1. The molecule has 0 saturated carbocycles. The summed E-state index contributed by atoms with van der Waals surface area (Å²) in [5.74, 6) is 1.55. The van der Waals surface area contributed by atoms with Crippen LogP contribution in [0.15, 0.2) is 24.5 Å². The van der Waals surface area contributed by atoms with Gasteiger partial charge in [0.15, 0.2) is 0 Å². The molecule has 0 amide bonds. The summed E-state index contributed by atoms with van der Waals surface area (Å²) in [6.45, 7) is 6.57. The lowest BCUT2D eigenvalue weighted by Crippen LogP contribution is -2.25. The first-order valence-corrected chi connectivity index (χ1v) is 6.45. The molecule has 1 unspecified atom stereocenters. The van der Waals surface area contributed by atoms with E-state index < -0.39 is 0 Å². The van der Waals surface area contributed by atoms with E-state index in [0.717, 1.165) is 11.3 Å². The van der Waals surface area contributed by atoms with Crippen LogP contribution in [0.1, 0.15) is 18.1 Å². The van der Waals surface area contributed by atoms with Gasteiger partial charge in [-0.3, -0.25) is 0 Å². The first-order chi connectivity index (χ1) is 9.54. The third-order valence-corrected chi connectivity index (χ3v) is 2.80. The zero-order valence-electron chi connectivity index (χ0n) is 11.9. The summed E-state index contributed by atoms with van der Waals surface area (Å²) in [5.41, 5.74) is 7.80. The average Bonchev–Trinajstić information content (AvgIpc) is 2.40. The van der Waals surface area contributed by atoms with Crippen molar-refractivity contribution in [1.29, 1.82) is 0 Å². The predicted octanol–water partition coefficient (Wildman–Crippen LogP) is 1.95. The lowest BCUT2D eigenvalue weighted by molar-refractivity contribution is 0.301. The summed E-state index contributed by atoms with van der Waals surface area (Å²) < 4.78 is 5.82. The van der Waals surface area contributed by atoms with Crippen molar-refractivity contribution in [2.75, 3.05) is 17.7 Å². The molecule has 106 valence electrons. The highest BCUT2D eigenvalue weighted by Crippen LogP contribution is 2.19. The Balaban J connectivity index is 1.92. The molecule has 0 radical (unpaired) electrons. The third-order valence-electron chi connectivity index (χ3n) is 2.80. The van der Waals surface area contributed by atoms with Gasteiger partial charge in [-0.25, -0.2) is 9.97 Å². The molecule has 6 nitrogen and oxygen atoms in total. The normalized spacial score (nSPS) is 11.9. The van der Waals surface area contributed by atoms with Gasteiger partial charge in [0.1, 0.15) is 18.7 Å². The maximum absolute atomic E-state index is 5.82. The van der Waals surface area contributed by atoms with Crippen LogP contribution in [0.5, 0.6) is 5.75 Å². The van der Waals surface area contributed by atoms with E-state index in [1.165, 1.54) is 11.9 Å². The van der Waals surface area contributed by atoms with Crippen molar-refractivity contribution in [3.63, 3.8) is 0 Å². The Kier molecular flexibility index (Phi) is 4.34. The monoisotopic (exact) mass is 273 g/mol. The predicted molar refractivity (Wildman–Crippen MR) is 78.7 cm³/mol. The van der Waals surface area contributed by atoms with Crippen LogP contribution >= 0.6 is 0 Å². The second-order valence-electron chi connectivity index (χ2n) is 4.79. The fraction of sp³-hybridized carbons (Fsp3) is 0.357. The maximum Gasteiger partial charge on any atom is 0.227 e. The fourth-order valence-corrected chi connectivity index (χ4v) is 1.72. The summed E-state index contributed by atoms with van der Waals surface area (Å²) in [7, 11) is 0. The van der Waals surface area contributed by atoms with Crippen molar-refractivity contribution >= 4 is 11.9 Å². The van der Waals surface area contributed by atoms with E-state index in [0.29, 0.717) is 12.6 Å². The number of anilines is 2. The van der Waals surface area contributed by atoms with Crippen molar-refractivity contribution in [1.82, 2.24) is 15.0 Å². The molecule has 2 rings (SSSR count). The summed E-state index contributed by atoms with van der Waals surface area (Å²) in [6.07, 6.45) is 1.38. The Morgan fingerprint density at radius 2 is 2.10 bits per heavy atom. The summed E-state index contributed by atoms with van der Waals surface area (Å²) in [5, 5.41) is 3.12. The molecule has 1 heterocycles. The largest absolute Gasteiger partial charge is 0.491 e. The van der Waals surface area contributed by atoms with Crippen molar-refractivity contribution in [2.24, 2.45) is 0 Å². The first-order valence-electron chi connectivity index (χ1n) is 6.45. The van der Waals surface area contributed by atoms with Crippen molar-refractivity contribution < 1.29 is 4.74 Å². The van der Waals surface area contributed by atoms with Gasteiger partial charge in [-0.2, -0.15) is 4.98 Å². The number of rotatable bonds is 5. The molecular weight excluding hydrogens is 254 g/mol. The van der Waals surface area contributed by atoms with E-state index in [1.807, 2.05) is 26.8 Å². The van der Waals surface area contributed by atoms with Crippen LogP contribution in [0.4, 0.5) is 11.9 Å². The van der Waals surface area contributed by atoms with Crippen molar-refractivity contribution in [2.45, 2.75) is 26.8 Å². The highest BCUT2D eigenvalue weighted by Gasteiger charge is 2.07. The molecule has 0 spiro atoms. The molecule has 1 atom stereocenters. The van der Waals surface area contributed by atoms with Crippen LogP contribution in [-0.2, 0) is 0 Å². The zero-order chi connectivity index (χ0) is 14.5. The quantitative estimate of drug-likeness (QED) is 0.866. The smallest absolute Gasteiger partial charge is 0.227 e. The molecule has 0 aliphatic heterocycles. The molecule has 20 heavy (non-hydrogen) atoms. The molecule has 6 heteroatoms. The zero-order valence-corrected chi connectivity index (χ0v) is 11.9. The summed E-state index contributed by atoms with van der Waals surface area (Å²) >= 11 is 0. The topological polar surface area (TPSA) is 86.0 Å². The third kappa shape index (κ3) is 3.81. The van der Waals surface area contributed by atoms with Gasteiger partial charge in [0.05, 0.1) is 6.04 Å². The molecular formula is C14H19N5O. The van der Waals surface area contributed by atoms with Gasteiger partial charge >= 0.3 is 0 Å². The number of nitrogens with zero attached hydrogens (tertiary/aromatic N) is 3. The van der Waals surface area contributed by atoms with Gasteiger partial charge in [-0.05, 0) is 38.0 Å². The van der Waals surface area contributed by atoms with E-state index in [-0.39, 0.29) is 12.0 Å². The van der Waals surface area contributed by atoms with Crippen LogP contribution < -0.4 is 15.8 Å². The minimum absolute atomic E-state index is 0.0525. The number of nitrogen functional groups attached to an aromatic ring is 1. The van der Waals surface area contributed by atoms with Gasteiger partial charge in [0.25, 0.3) is 0 Å². The van der Waals surface area contributed by atoms with Gasteiger partial charge in [0, 0.05) is 0 Å². The van der Waals surface area contributed by atoms with Crippen LogP contribution in [-0.4, -0.2) is 27.6 Å². The van der Waals surface area contributed by atoms with E-state index in [2.05, 4.69) is 32.4 Å². The second kappa shape index (κ2) is 6.18. The number of benzene rings is 1. The highest BCUT2D eigenvalue weighted by molar-refractivity contribution is 5.36. The highest BCUT2D eigenvalue weighted by atomic mass is 16.5. The lowest BCUT2D eigenvalue weighted by atomic mass is 10.1. The van der Waals surface area contributed by atoms with Crippen LogP contribution in [0.3, 0.4) is 0 Å². The fourth-order valence-electron chi connectivity index (χ4n) is 1.72. The summed E-state index contributed by atoms with van der Waals surface area (Å²) in [4.78, 5) is 11.7. The number of hydrogen-bond acceptors (Lipinski definition) is 6. The van der Waals surface area contributed by atoms with E-state index in [4.69, 9.17) is 10.5 Å². The Morgan fingerprint density at radius 3 is 2.85 bits per heavy atom. The second-order valence-corrected chi connectivity index (χ2v) is 4.79. The van der Waals surface area contributed by atoms with Gasteiger partial charge < -0.3 is 15.8 Å². The minimum atomic E-state index is 0.0525. The lowest BCUT2D eigenvalue weighted by Gasteiger charge is -2.16. The van der Waals surface area contributed by atoms with Crippen LogP contribution in [0.2, 0.25) is 0 Å². The Hall–Kier alpha value is -2.37. The molecule has 0 aliphatic carbocycles. The number of aryl methyl sites for hydroxylation is 2. The molecule has 1 aromatic heterocycles. The van der Waals surface area contributed by atoms with Crippen LogP contribution in [0.25, 0.3) is 0 Å². The van der Waals surface area contributed by atoms with E-state index in [1.54, 1.807) is 0 Å². The molecule has 0 bridgehead atoms. The number of nitrogens with one attached hydrogen (secondary N) is 1. The number of nitrogens with two attached hydrogens (primary N) is 1. The molecule has 0 saturated heterocycles. The van der Waals surface area contributed by atoms with E-state index >= 15 is 0 Å². The summed E-state index contributed by atoms with van der Waals surface area (Å²) in [6, 6.07) is 6.20. The first kappa shape index (κ1) is 14.0. The number of ether oxygens (including phenoxy) is 1. The molecule has 3 N–H and O–H groups in total. The molecule has 2 aromatic rings. The molecule has 1 aromatic carbocycles. The molecule has 0 fully saturated rings. The van der Waals surface area contributed by atoms with Crippen LogP contribution in [0, 0.1) is 13.8 Å². The Morgan fingerprint density at radius 1 is 1.30 bits per heavy atom. The van der Waals surface area contributed by atoms with Crippen molar-refractivity contribution in [3.8, 4) is 5.75 Å². The number of hydrogen-bond donors (Lipinski definition) is 2. The van der Waals surface area contributed by atoms with Crippen molar-refractivity contribution in [3.05, 3.63) is 35.7 Å². The molecule has 0 aliphatic rings. The average molecular weight is 273 g/mol. The Labute approximate surface area is 118 Å². The van der Waals surface area contributed by atoms with Gasteiger partial charge in [-0.1, -0.05) is 12.1 Å². The standard InChI is InChI=1S/C14H19N5O/c1-9-4-5-10(2)12(6-9)20-7-11(3)18-14-17-8-16-13(15)19-14/h4-6,8,11H,7H2,1-3H3,(H3,15,16,17,18,19). The maximum atomic E-state index is 5.82.